The van der Waals surface area contributed by atoms with Crippen molar-refractivity contribution in [2.45, 2.75) is 71.2 Å². The van der Waals surface area contributed by atoms with Gasteiger partial charge in [0, 0.05) is 43.5 Å². The molecule has 2 aliphatic heterocycles. The fraction of sp³-hybridized carbons (Fsp3) is 0.151. The van der Waals surface area contributed by atoms with Crippen LogP contribution in [0.1, 0.15) is 49.9 Å². The Bertz CT molecular complexity index is 3170. The summed E-state index contributed by atoms with van der Waals surface area (Å²) in [5.41, 5.74) is 15.5. The molecule has 0 saturated heterocycles. The van der Waals surface area contributed by atoms with Crippen LogP contribution in [-0.2, 0) is 10.8 Å². The number of hydrogen-bond donors (Lipinski definition) is 0. The summed E-state index contributed by atoms with van der Waals surface area (Å²) >= 11 is 3.72. The van der Waals surface area contributed by atoms with Gasteiger partial charge in [-0.3, -0.25) is 4.98 Å². The molecule has 6 aromatic carbocycles. The van der Waals surface area contributed by atoms with Gasteiger partial charge in [-0.05, 0) is 91.8 Å². The highest BCUT2D eigenvalue weighted by Crippen LogP contribution is 2.60. The van der Waals surface area contributed by atoms with E-state index in [-0.39, 0.29) is 10.8 Å². The van der Waals surface area contributed by atoms with Crippen LogP contribution in [0.5, 0.6) is 11.5 Å². The second kappa shape index (κ2) is 12.6. The van der Waals surface area contributed by atoms with Crippen molar-refractivity contribution in [3.8, 4) is 67.5 Å². The highest BCUT2D eigenvalue weighted by atomic mass is 32.2. The Balaban J connectivity index is 1.02. The van der Waals surface area contributed by atoms with Crippen LogP contribution in [0.15, 0.2) is 159 Å². The summed E-state index contributed by atoms with van der Waals surface area (Å²) in [6, 6.07) is 46.7. The lowest BCUT2D eigenvalue weighted by Gasteiger charge is -2.34. The van der Waals surface area contributed by atoms with E-state index in [4.69, 9.17) is 19.7 Å². The molecule has 4 nitrogen and oxygen atoms in total. The maximum atomic E-state index is 7.20. The lowest BCUT2D eigenvalue weighted by Crippen LogP contribution is -2.56. The van der Waals surface area contributed by atoms with Crippen LogP contribution in [0.25, 0.3) is 56.0 Å². The predicted octanol–water partition coefficient (Wildman–Crippen LogP) is 13.0. The van der Waals surface area contributed by atoms with Gasteiger partial charge in [0.15, 0.2) is 5.75 Å². The quantitative estimate of drug-likeness (QED) is 0.165. The second-order valence-corrected chi connectivity index (χ2v) is 24.4. The highest BCUT2D eigenvalue weighted by Gasteiger charge is 2.43. The number of rotatable bonds is 3. The molecule has 7 heteroatoms. The zero-order chi connectivity index (χ0) is 40.7. The van der Waals surface area contributed by atoms with E-state index >= 15 is 0 Å². The summed E-state index contributed by atoms with van der Waals surface area (Å²) in [4.78, 5) is 20.1. The minimum atomic E-state index is -1.90. The highest BCUT2D eigenvalue weighted by molar-refractivity contribution is 8.00. The first-order chi connectivity index (χ1) is 29.0. The maximum Gasteiger partial charge on any atom is 0.150 e. The number of pyridine rings is 1. The first-order valence-corrected chi connectivity index (χ1v) is 25.3. The SMILES string of the molecule is CC1(C)c2ccccc2-c2c1ccc1c2Oc2c(cccc2-c2ncnc(-c3ccc4c(c3)C(C)(C)c3ccc5c(c3-4)Sc3ccccc3[Si]5(C)C)c2-c2ccccn2)S1. The minimum absolute atomic E-state index is 0.129. The molecule has 0 radical (unpaired) electrons. The topological polar surface area (TPSA) is 47.9 Å². The van der Waals surface area contributed by atoms with E-state index in [1.165, 1.54) is 64.7 Å². The van der Waals surface area contributed by atoms with Gasteiger partial charge in [0.1, 0.15) is 20.2 Å². The number of benzene rings is 6. The standard InChI is InChI=1S/C53H41N3OS2Si/c1-52(2)34-16-8-7-14-31(34)44-35(52)23-25-41-50(44)57-49-33(15-13-19-40(49)58-41)48-46(38-17-11-12-27-54-38)47(55-29-56-48)30-21-22-32-37(28-30)53(3,4)36-24-26-43-51(45(32)36)59-39-18-9-10-20-42(39)60(43,5)6/h7-29H,1-6H3. The molecular formula is C53H41N3OS2Si. The summed E-state index contributed by atoms with van der Waals surface area (Å²) < 4.78 is 7.20. The van der Waals surface area contributed by atoms with Crippen LogP contribution in [0.4, 0.5) is 0 Å². The van der Waals surface area contributed by atoms with Crippen molar-refractivity contribution < 1.29 is 4.74 Å². The summed E-state index contributed by atoms with van der Waals surface area (Å²) in [7, 11) is -1.90. The van der Waals surface area contributed by atoms with Crippen LogP contribution in [0.2, 0.25) is 13.1 Å². The third kappa shape index (κ3) is 4.91. The largest absolute Gasteiger partial charge is 0.454 e. The van der Waals surface area contributed by atoms with Crippen LogP contribution in [0, 0.1) is 0 Å². The van der Waals surface area contributed by atoms with Crippen LogP contribution < -0.4 is 15.1 Å². The minimum Gasteiger partial charge on any atom is -0.454 e. The molecular weight excluding hydrogens is 787 g/mol. The van der Waals surface area contributed by atoms with Gasteiger partial charge in [-0.2, -0.15) is 0 Å². The molecule has 4 aliphatic rings. The van der Waals surface area contributed by atoms with Gasteiger partial charge in [0.05, 0.1) is 32.4 Å². The number of fused-ring (bicyclic) bond motifs is 12. The van der Waals surface area contributed by atoms with E-state index in [1.807, 2.05) is 30.1 Å². The van der Waals surface area contributed by atoms with E-state index in [0.717, 1.165) is 55.1 Å². The molecule has 290 valence electrons. The fourth-order valence-corrected chi connectivity index (χ4v) is 17.0. The average molecular weight is 828 g/mol. The Labute approximate surface area is 360 Å². The van der Waals surface area contributed by atoms with E-state index in [1.54, 1.807) is 18.1 Å². The summed E-state index contributed by atoms with van der Waals surface area (Å²) in [6.45, 7) is 14.4. The maximum absolute atomic E-state index is 7.20. The van der Waals surface area contributed by atoms with Crippen molar-refractivity contribution in [2.75, 3.05) is 0 Å². The van der Waals surface area contributed by atoms with Crippen molar-refractivity contribution in [3.63, 3.8) is 0 Å². The normalized spacial score (nSPS) is 16.2. The molecule has 0 N–H and O–H groups in total. The van der Waals surface area contributed by atoms with Gasteiger partial charge >= 0.3 is 0 Å². The molecule has 0 fully saturated rings. The molecule has 0 saturated carbocycles. The second-order valence-electron chi connectivity index (χ2n) is 18.0. The number of aromatic nitrogens is 3. The molecule has 4 heterocycles. The van der Waals surface area contributed by atoms with Gasteiger partial charge in [-0.25, -0.2) is 9.97 Å². The van der Waals surface area contributed by atoms with Crippen molar-refractivity contribution in [3.05, 3.63) is 162 Å². The van der Waals surface area contributed by atoms with Gasteiger partial charge < -0.3 is 4.74 Å². The molecule has 0 unspecified atom stereocenters. The van der Waals surface area contributed by atoms with E-state index in [2.05, 4.69) is 156 Å². The van der Waals surface area contributed by atoms with Crippen molar-refractivity contribution in [2.24, 2.45) is 0 Å². The third-order valence-corrected chi connectivity index (χ3v) is 19.8. The first kappa shape index (κ1) is 36.1. The van der Waals surface area contributed by atoms with E-state index in [9.17, 15) is 0 Å². The van der Waals surface area contributed by atoms with Crippen molar-refractivity contribution >= 4 is 42.0 Å². The monoisotopic (exact) mass is 827 g/mol. The molecule has 0 bridgehead atoms. The smallest absolute Gasteiger partial charge is 0.150 e. The molecule has 2 aliphatic carbocycles. The Hall–Kier alpha value is -5.73. The molecule has 0 amide bonds. The van der Waals surface area contributed by atoms with Crippen LogP contribution in [0.3, 0.4) is 0 Å². The van der Waals surface area contributed by atoms with Crippen LogP contribution >= 0.6 is 23.5 Å². The van der Waals surface area contributed by atoms with Gasteiger partial charge in [-0.1, -0.05) is 149 Å². The molecule has 12 rings (SSSR count). The average Bonchev–Trinajstić information content (AvgIpc) is 3.65. The zero-order valence-electron chi connectivity index (χ0n) is 34.3. The molecule has 2 aromatic heterocycles. The molecule has 8 aromatic rings. The number of nitrogens with zero attached hydrogens (tertiary/aromatic N) is 3. The molecule has 60 heavy (non-hydrogen) atoms. The van der Waals surface area contributed by atoms with E-state index in [0.29, 0.717) is 0 Å². The predicted molar refractivity (Wildman–Crippen MR) is 249 cm³/mol. The van der Waals surface area contributed by atoms with Crippen molar-refractivity contribution in [1.82, 2.24) is 15.0 Å². The lowest BCUT2D eigenvalue weighted by molar-refractivity contribution is 0.457. The summed E-state index contributed by atoms with van der Waals surface area (Å²) in [5.74, 6) is 1.73. The Morgan fingerprint density at radius 3 is 2.07 bits per heavy atom. The molecule has 0 spiro atoms. The number of ether oxygens (including phenoxy) is 1. The van der Waals surface area contributed by atoms with Crippen LogP contribution in [-0.4, -0.2) is 23.0 Å². The number of hydrogen-bond acceptors (Lipinski definition) is 6. The first-order valence-electron chi connectivity index (χ1n) is 20.7. The van der Waals surface area contributed by atoms with Gasteiger partial charge in [0.2, 0.25) is 0 Å². The Morgan fingerprint density at radius 1 is 0.500 bits per heavy atom. The molecule has 0 atom stereocenters. The van der Waals surface area contributed by atoms with Gasteiger partial charge in [-0.15, -0.1) is 0 Å². The third-order valence-electron chi connectivity index (χ3n) is 13.6. The fourth-order valence-electron chi connectivity index (χ4n) is 10.5. The lowest BCUT2D eigenvalue weighted by atomic mass is 9.81. The van der Waals surface area contributed by atoms with E-state index < -0.39 is 8.07 Å². The zero-order valence-corrected chi connectivity index (χ0v) is 37.0. The van der Waals surface area contributed by atoms with Gasteiger partial charge in [0.25, 0.3) is 0 Å². The van der Waals surface area contributed by atoms with Crippen molar-refractivity contribution in [1.29, 1.82) is 0 Å². The summed E-state index contributed by atoms with van der Waals surface area (Å²) in [5, 5.41) is 3.06. The Morgan fingerprint density at radius 2 is 1.20 bits per heavy atom. The number of para-hydroxylation sites is 1. The summed E-state index contributed by atoms with van der Waals surface area (Å²) in [6.07, 6.45) is 3.56. The Kier molecular flexibility index (Phi) is 7.62.